The fraction of sp³-hybridized carbons (Fsp3) is 0.500. The minimum Gasteiger partial charge on any atom is -0.356 e. The molecular formula is C16H21FN4OS. The maximum absolute atomic E-state index is 13.7. The highest BCUT2D eigenvalue weighted by Crippen LogP contribution is 2.18. The van der Waals surface area contributed by atoms with Gasteiger partial charge < -0.3 is 15.2 Å². The van der Waals surface area contributed by atoms with Crippen molar-refractivity contribution in [1.29, 1.82) is 0 Å². The fourth-order valence-corrected chi connectivity index (χ4v) is 3.76. The van der Waals surface area contributed by atoms with E-state index in [1.54, 1.807) is 6.07 Å². The molecule has 1 fully saturated rings. The topological polar surface area (TPSA) is 59.0 Å². The SMILES string of the molecule is Cn1c(CCNC(=O)CC2CSCCN2)nc2c(F)cccc21. The molecule has 2 N–H and O–H groups in total. The molecule has 5 nitrogen and oxygen atoms in total. The van der Waals surface area contributed by atoms with Gasteiger partial charge in [-0.25, -0.2) is 9.37 Å². The summed E-state index contributed by atoms with van der Waals surface area (Å²) in [5, 5.41) is 6.28. The molecule has 1 unspecified atom stereocenters. The van der Waals surface area contributed by atoms with Gasteiger partial charge in [0.1, 0.15) is 11.3 Å². The van der Waals surface area contributed by atoms with Crippen molar-refractivity contribution in [2.24, 2.45) is 7.05 Å². The van der Waals surface area contributed by atoms with Gasteiger partial charge in [-0.1, -0.05) is 6.07 Å². The van der Waals surface area contributed by atoms with Crippen LogP contribution < -0.4 is 10.6 Å². The molecule has 1 amide bonds. The molecule has 1 aliphatic heterocycles. The van der Waals surface area contributed by atoms with Crippen LogP contribution >= 0.6 is 11.8 Å². The van der Waals surface area contributed by atoms with Crippen LogP contribution in [0.25, 0.3) is 11.0 Å². The molecule has 2 heterocycles. The second-order valence-corrected chi connectivity index (χ2v) is 6.87. The van der Waals surface area contributed by atoms with Gasteiger partial charge in [0, 0.05) is 50.5 Å². The van der Waals surface area contributed by atoms with Gasteiger partial charge in [0.15, 0.2) is 5.82 Å². The highest BCUT2D eigenvalue weighted by molar-refractivity contribution is 7.99. The van der Waals surface area contributed by atoms with Crippen molar-refractivity contribution in [3.8, 4) is 0 Å². The number of imidazole rings is 1. The number of para-hydroxylation sites is 1. The summed E-state index contributed by atoms with van der Waals surface area (Å²) in [4.78, 5) is 16.3. The number of carbonyl (C=O) groups excluding carboxylic acids is 1. The third kappa shape index (κ3) is 3.84. The monoisotopic (exact) mass is 336 g/mol. The van der Waals surface area contributed by atoms with E-state index in [1.165, 1.54) is 6.07 Å². The minimum atomic E-state index is -0.311. The normalized spacial score (nSPS) is 18.3. The Morgan fingerprint density at radius 1 is 1.57 bits per heavy atom. The number of carbonyl (C=O) groups is 1. The molecule has 1 aromatic heterocycles. The summed E-state index contributed by atoms with van der Waals surface area (Å²) >= 11 is 1.88. The Bertz CT molecular complexity index is 697. The summed E-state index contributed by atoms with van der Waals surface area (Å²) in [7, 11) is 1.87. The van der Waals surface area contributed by atoms with Crippen molar-refractivity contribution in [2.45, 2.75) is 18.9 Å². The number of aromatic nitrogens is 2. The summed E-state index contributed by atoms with van der Waals surface area (Å²) in [6.07, 6.45) is 1.09. The van der Waals surface area contributed by atoms with Crippen molar-refractivity contribution in [3.63, 3.8) is 0 Å². The average molecular weight is 336 g/mol. The van der Waals surface area contributed by atoms with Crippen LogP contribution in [0, 0.1) is 5.82 Å². The van der Waals surface area contributed by atoms with Crippen molar-refractivity contribution >= 4 is 28.7 Å². The Morgan fingerprint density at radius 3 is 3.17 bits per heavy atom. The number of hydrogen-bond acceptors (Lipinski definition) is 4. The summed E-state index contributed by atoms with van der Waals surface area (Å²) < 4.78 is 15.6. The standard InChI is InChI=1S/C16H21FN4OS/c1-21-13-4-2-3-12(17)16(13)20-14(21)5-6-19-15(22)9-11-10-23-8-7-18-11/h2-4,11,18H,5-10H2,1H3,(H,19,22). The van der Waals surface area contributed by atoms with E-state index in [9.17, 15) is 9.18 Å². The Labute approximate surface area is 139 Å². The van der Waals surface area contributed by atoms with E-state index in [0.29, 0.717) is 24.9 Å². The third-order valence-corrected chi connectivity index (χ3v) is 5.19. The first-order chi connectivity index (χ1) is 11.1. The third-order valence-electron chi connectivity index (χ3n) is 4.06. The van der Waals surface area contributed by atoms with E-state index in [-0.39, 0.29) is 17.8 Å². The maximum atomic E-state index is 13.7. The van der Waals surface area contributed by atoms with Crippen molar-refractivity contribution in [1.82, 2.24) is 20.2 Å². The van der Waals surface area contributed by atoms with Crippen LogP contribution in [0.2, 0.25) is 0 Å². The molecule has 7 heteroatoms. The van der Waals surface area contributed by atoms with Crippen LogP contribution in [-0.4, -0.2) is 46.1 Å². The van der Waals surface area contributed by atoms with Gasteiger partial charge in [0.05, 0.1) is 5.52 Å². The number of thioether (sulfide) groups is 1. The van der Waals surface area contributed by atoms with Crippen LogP contribution in [-0.2, 0) is 18.3 Å². The zero-order valence-electron chi connectivity index (χ0n) is 13.1. The van der Waals surface area contributed by atoms with E-state index in [0.717, 1.165) is 29.4 Å². The van der Waals surface area contributed by atoms with Gasteiger partial charge in [-0.3, -0.25) is 4.79 Å². The minimum absolute atomic E-state index is 0.0509. The summed E-state index contributed by atoms with van der Waals surface area (Å²) in [5.74, 6) is 2.61. The first kappa shape index (κ1) is 16.3. The number of benzene rings is 1. The molecule has 0 spiro atoms. The number of rotatable bonds is 5. The molecule has 0 aliphatic carbocycles. The van der Waals surface area contributed by atoms with Crippen molar-refractivity contribution in [2.75, 3.05) is 24.6 Å². The number of amides is 1. The summed E-state index contributed by atoms with van der Waals surface area (Å²) in [5.41, 5.74) is 1.16. The molecule has 1 aliphatic rings. The van der Waals surface area contributed by atoms with Gasteiger partial charge in [0.2, 0.25) is 5.91 Å². The van der Waals surface area contributed by atoms with Crippen molar-refractivity contribution in [3.05, 3.63) is 29.8 Å². The Hall–Kier alpha value is -1.60. The lowest BCUT2D eigenvalue weighted by Crippen LogP contribution is -2.41. The fourth-order valence-electron chi connectivity index (χ4n) is 2.81. The molecule has 124 valence electrons. The lowest BCUT2D eigenvalue weighted by Gasteiger charge is -2.22. The van der Waals surface area contributed by atoms with Crippen LogP contribution in [0.3, 0.4) is 0 Å². The van der Waals surface area contributed by atoms with E-state index in [4.69, 9.17) is 0 Å². The highest BCUT2D eigenvalue weighted by atomic mass is 32.2. The Balaban J connectivity index is 1.53. The van der Waals surface area contributed by atoms with Crippen LogP contribution in [0.15, 0.2) is 18.2 Å². The zero-order chi connectivity index (χ0) is 16.2. The molecule has 1 atom stereocenters. The Morgan fingerprint density at radius 2 is 2.43 bits per heavy atom. The largest absolute Gasteiger partial charge is 0.356 e. The summed E-state index contributed by atoms with van der Waals surface area (Å²) in [6.45, 7) is 1.48. The van der Waals surface area contributed by atoms with Crippen LogP contribution in [0.1, 0.15) is 12.2 Å². The quantitative estimate of drug-likeness (QED) is 0.868. The van der Waals surface area contributed by atoms with E-state index >= 15 is 0 Å². The second kappa shape index (κ2) is 7.31. The molecular weight excluding hydrogens is 315 g/mol. The number of halogens is 1. The van der Waals surface area contributed by atoms with Gasteiger partial charge in [0.25, 0.3) is 0 Å². The van der Waals surface area contributed by atoms with E-state index in [2.05, 4.69) is 15.6 Å². The first-order valence-corrected chi connectivity index (χ1v) is 8.98. The van der Waals surface area contributed by atoms with Crippen LogP contribution in [0.5, 0.6) is 0 Å². The number of aryl methyl sites for hydroxylation is 1. The zero-order valence-corrected chi connectivity index (χ0v) is 14.0. The predicted molar refractivity (Wildman–Crippen MR) is 91.1 cm³/mol. The van der Waals surface area contributed by atoms with Crippen LogP contribution in [0.4, 0.5) is 4.39 Å². The van der Waals surface area contributed by atoms with Crippen molar-refractivity contribution < 1.29 is 9.18 Å². The molecule has 0 radical (unpaired) electrons. The molecule has 23 heavy (non-hydrogen) atoms. The maximum Gasteiger partial charge on any atom is 0.221 e. The lowest BCUT2D eigenvalue weighted by atomic mass is 10.2. The molecule has 0 bridgehead atoms. The number of hydrogen-bond donors (Lipinski definition) is 2. The molecule has 1 saturated heterocycles. The smallest absolute Gasteiger partial charge is 0.221 e. The number of nitrogens with zero attached hydrogens (tertiary/aromatic N) is 2. The molecule has 2 aromatic rings. The highest BCUT2D eigenvalue weighted by Gasteiger charge is 2.16. The van der Waals surface area contributed by atoms with Gasteiger partial charge in [-0.15, -0.1) is 0 Å². The predicted octanol–water partition coefficient (Wildman–Crippen LogP) is 1.47. The van der Waals surface area contributed by atoms with Gasteiger partial charge in [-0.2, -0.15) is 11.8 Å². The first-order valence-electron chi connectivity index (χ1n) is 7.83. The van der Waals surface area contributed by atoms with E-state index < -0.39 is 0 Å². The number of fused-ring (bicyclic) bond motifs is 1. The molecule has 1 aromatic carbocycles. The van der Waals surface area contributed by atoms with Gasteiger partial charge >= 0.3 is 0 Å². The van der Waals surface area contributed by atoms with Gasteiger partial charge in [-0.05, 0) is 12.1 Å². The molecule has 3 rings (SSSR count). The molecule has 0 saturated carbocycles. The Kier molecular flexibility index (Phi) is 5.17. The number of nitrogens with one attached hydrogen (secondary N) is 2. The summed E-state index contributed by atoms with van der Waals surface area (Å²) in [6, 6.07) is 5.20. The average Bonchev–Trinajstić information content (AvgIpc) is 2.87. The lowest BCUT2D eigenvalue weighted by molar-refractivity contribution is -0.121. The second-order valence-electron chi connectivity index (χ2n) is 5.72. The van der Waals surface area contributed by atoms with E-state index in [1.807, 2.05) is 29.4 Å².